The van der Waals surface area contributed by atoms with E-state index in [1.165, 1.54) is 96.3 Å². The van der Waals surface area contributed by atoms with Gasteiger partial charge >= 0.3 is 27.6 Å². The molecule has 0 aliphatic heterocycles. The minimum absolute atomic E-state index is 0.0392. The number of ether oxygens (including phenoxy) is 2. The fourth-order valence-corrected chi connectivity index (χ4v) is 8.00. The predicted molar refractivity (Wildman–Crippen MR) is 264 cm³/mol. The number of rotatable bonds is 47. The van der Waals surface area contributed by atoms with E-state index in [-0.39, 0.29) is 18.9 Å². The van der Waals surface area contributed by atoms with Crippen molar-refractivity contribution in [3.63, 3.8) is 0 Å². The molecule has 0 aromatic heterocycles. The highest BCUT2D eigenvalue weighted by molar-refractivity contribution is 7.47. The lowest BCUT2D eigenvalue weighted by molar-refractivity contribution is -0.161. The molecular weight excluding hydrogens is 886 g/mol. The van der Waals surface area contributed by atoms with Crippen LogP contribution in [0.2, 0.25) is 0 Å². The normalized spacial score (nSPS) is 14.8. The summed E-state index contributed by atoms with van der Waals surface area (Å²) in [5.74, 6) is -0.283. The molecule has 16 heteroatoms. The highest BCUT2D eigenvalue weighted by atomic mass is 31.2. The maximum absolute atomic E-state index is 12.7. The Bertz CT molecular complexity index is 1380. The van der Waals surface area contributed by atoms with Crippen LogP contribution in [0.4, 0.5) is 0 Å². The summed E-state index contributed by atoms with van der Waals surface area (Å²) < 4.78 is 47.9. The first-order valence-electron chi connectivity index (χ1n) is 25.3. The maximum Gasteiger partial charge on any atom is 0.472 e. The molecule has 4 atom stereocenters. The number of hydrogen-bond donors (Lipinski definition) is 5. The van der Waals surface area contributed by atoms with Crippen molar-refractivity contribution in [1.82, 2.24) is 0 Å². The highest BCUT2D eigenvalue weighted by Gasteiger charge is 2.28. The summed E-state index contributed by atoms with van der Waals surface area (Å²) in [6.45, 7) is 3.91. The molecule has 0 bridgehead atoms. The number of phosphoric acid groups is 2. The Balaban J connectivity index is 4.48. The van der Waals surface area contributed by atoms with E-state index in [0.717, 1.165) is 63.7 Å². The van der Waals surface area contributed by atoms with E-state index in [1.807, 2.05) is 30.4 Å². The van der Waals surface area contributed by atoms with Crippen molar-refractivity contribution in [3.05, 3.63) is 48.6 Å². The summed E-state index contributed by atoms with van der Waals surface area (Å²) >= 11 is 0. The SMILES string of the molecule is CCCC[C@@H](O)/C=C\C/C=C\C/C=C\C/C=C\CCCC(=O)O[C@H](COC(=O)CCCCCCCCCCCCCCCCCCCCC(C)C)COP(=O)(O)OC[C@@H](O)COP(=O)(O)O. The average Bonchev–Trinajstić information content (AvgIpc) is 3.26. The van der Waals surface area contributed by atoms with Crippen molar-refractivity contribution in [2.75, 3.05) is 26.4 Å². The predicted octanol–water partition coefficient (Wildman–Crippen LogP) is 12.6. The Morgan fingerprint density at radius 1 is 0.515 bits per heavy atom. The Morgan fingerprint density at radius 3 is 1.48 bits per heavy atom. The number of phosphoric ester groups is 2. The molecule has 0 aliphatic carbocycles. The largest absolute Gasteiger partial charge is 0.472 e. The second-order valence-corrected chi connectivity index (χ2v) is 20.4. The van der Waals surface area contributed by atoms with Gasteiger partial charge in [-0.2, -0.15) is 0 Å². The van der Waals surface area contributed by atoms with E-state index >= 15 is 0 Å². The Morgan fingerprint density at radius 2 is 0.970 bits per heavy atom. The van der Waals surface area contributed by atoms with E-state index in [9.17, 15) is 33.8 Å². The van der Waals surface area contributed by atoms with Crippen LogP contribution < -0.4 is 0 Å². The van der Waals surface area contributed by atoms with Gasteiger partial charge in [-0.1, -0.05) is 198 Å². The molecule has 1 unspecified atom stereocenters. The average molecular weight is 979 g/mol. The van der Waals surface area contributed by atoms with Gasteiger partial charge in [0.25, 0.3) is 0 Å². The first kappa shape index (κ1) is 64.0. The van der Waals surface area contributed by atoms with E-state index in [0.29, 0.717) is 19.3 Å². The van der Waals surface area contributed by atoms with E-state index in [1.54, 1.807) is 0 Å². The summed E-state index contributed by atoms with van der Waals surface area (Å²) in [7, 11) is -9.71. The summed E-state index contributed by atoms with van der Waals surface area (Å²) in [6, 6.07) is 0. The van der Waals surface area contributed by atoms with Crippen molar-refractivity contribution in [2.45, 2.75) is 225 Å². The van der Waals surface area contributed by atoms with Crippen molar-refractivity contribution < 1.29 is 66.7 Å². The molecule has 0 rings (SSSR count). The molecule has 66 heavy (non-hydrogen) atoms. The van der Waals surface area contributed by atoms with Crippen LogP contribution in [-0.2, 0) is 41.8 Å². The second kappa shape index (κ2) is 44.3. The molecule has 0 saturated heterocycles. The summed E-state index contributed by atoms with van der Waals surface area (Å²) in [6.07, 6.45) is 43.0. The smallest absolute Gasteiger partial charge is 0.462 e. The Labute approximate surface area is 399 Å². The number of aliphatic hydroxyl groups excluding tert-OH is 2. The molecule has 0 amide bonds. The standard InChI is InChI=1S/C50H92O14P2/c1-4-5-37-46(51)38-33-29-25-21-17-14-15-19-23-27-31-35-40-50(54)64-48(44-63-66(58,59)62-42-47(52)41-61-65(55,56)57)43-60-49(53)39-34-30-26-22-18-13-11-9-7-6-8-10-12-16-20-24-28-32-36-45(2)3/h14-15,21,23,25,27,33,38,45-48,51-52H,4-13,16-20,22,24,26,28-32,34-37,39-44H2,1-3H3,(H,58,59)(H2,55,56,57)/b15-14-,25-21-,27-23-,38-33-/t46-,47+,48-/m1/s1. The summed E-state index contributed by atoms with van der Waals surface area (Å²) in [4.78, 5) is 52.9. The summed E-state index contributed by atoms with van der Waals surface area (Å²) in [5, 5.41) is 19.6. The number of aliphatic hydroxyl groups is 2. The molecule has 386 valence electrons. The molecule has 0 aromatic rings. The maximum atomic E-state index is 12.7. The van der Waals surface area contributed by atoms with Gasteiger partial charge in [-0.3, -0.25) is 23.2 Å². The summed E-state index contributed by atoms with van der Waals surface area (Å²) in [5.41, 5.74) is 0. The number of allylic oxidation sites excluding steroid dienone is 7. The molecule has 0 heterocycles. The topological polar surface area (TPSA) is 216 Å². The molecule has 0 spiro atoms. The third kappa shape index (κ3) is 48.5. The molecule has 14 nitrogen and oxygen atoms in total. The lowest BCUT2D eigenvalue weighted by atomic mass is 10.0. The van der Waals surface area contributed by atoms with Crippen LogP contribution in [0.3, 0.4) is 0 Å². The molecule has 0 fully saturated rings. The highest BCUT2D eigenvalue weighted by Crippen LogP contribution is 2.44. The molecule has 0 radical (unpaired) electrons. The van der Waals surface area contributed by atoms with E-state index < -0.39 is 66.2 Å². The fourth-order valence-electron chi connectivity index (χ4n) is 6.84. The lowest BCUT2D eigenvalue weighted by Crippen LogP contribution is -2.29. The molecule has 5 N–H and O–H groups in total. The van der Waals surface area contributed by atoms with Gasteiger partial charge in [0.05, 0.1) is 25.9 Å². The van der Waals surface area contributed by atoms with Gasteiger partial charge < -0.3 is 34.4 Å². The van der Waals surface area contributed by atoms with Gasteiger partial charge in [0.1, 0.15) is 12.7 Å². The zero-order valence-corrected chi connectivity index (χ0v) is 42.9. The fraction of sp³-hybridized carbons (Fsp3) is 0.800. The van der Waals surface area contributed by atoms with Crippen molar-refractivity contribution in [2.24, 2.45) is 5.92 Å². The number of carbonyl (C=O) groups excluding carboxylic acids is 2. The third-order valence-electron chi connectivity index (χ3n) is 10.7. The van der Waals surface area contributed by atoms with Crippen LogP contribution in [0.5, 0.6) is 0 Å². The number of hydrogen-bond acceptors (Lipinski definition) is 11. The Kier molecular flexibility index (Phi) is 42.9. The lowest BCUT2D eigenvalue weighted by Gasteiger charge is -2.20. The van der Waals surface area contributed by atoms with E-state index in [2.05, 4.69) is 43.5 Å². The van der Waals surface area contributed by atoms with Crippen LogP contribution in [0.15, 0.2) is 48.6 Å². The number of carbonyl (C=O) groups is 2. The minimum atomic E-state index is -4.88. The van der Waals surface area contributed by atoms with Gasteiger partial charge in [-0.05, 0) is 50.9 Å². The van der Waals surface area contributed by atoms with Crippen LogP contribution in [0, 0.1) is 5.92 Å². The molecular formula is C50H92O14P2. The van der Waals surface area contributed by atoms with Crippen LogP contribution >= 0.6 is 15.6 Å². The third-order valence-corrected chi connectivity index (χ3v) is 12.1. The zero-order valence-electron chi connectivity index (χ0n) is 41.1. The van der Waals surface area contributed by atoms with Crippen LogP contribution in [0.25, 0.3) is 0 Å². The zero-order chi connectivity index (χ0) is 49.0. The van der Waals surface area contributed by atoms with Crippen molar-refractivity contribution >= 4 is 27.6 Å². The number of esters is 2. The van der Waals surface area contributed by atoms with Gasteiger partial charge in [0, 0.05) is 12.8 Å². The molecule has 0 aromatic carbocycles. The van der Waals surface area contributed by atoms with Crippen molar-refractivity contribution in [3.8, 4) is 0 Å². The monoisotopic (exact) mass is 979 g/mol. The van der Waals surface area contributed by atoms with Crippen LogP contribution in [0.1, 0.15) is 207 Å². The molecule has 0 saturated carbocycles. The first-order valence-corrected chi connectivity index (χ1v) is 28.3. The second-order valence-electron chi connectivity index (χ2n) is 17.7. The minimum Gasteiger partial charge on any atom is -0.462 e. The van der Waals surface area contributed by atoms with Gasteiger partial charge in [-0.15, -0.1) is 0 Å². The molecule has 0 aliphatic rings. The van der Waals surface area contributed by atoms with Gasteiger partial charge in [-0.25, -0.2) is 9.13 Å². The number of unbranched alkanes of at least 4 members (excludes halogenated alkanes) is 19. The quantitative estimate of drug-likeness (QED) is 0.0166. The first-order chi connectivity index (χ1) is 31.6. The van der Waals surface area contributed by atoms with Gasteiger partial charge in [0.15, 0.2) is 6.10 Å². The Hall–Kier alpha value is -1.96. The van der Waals surface area contributed by atoms with Crippen molar-refractivity contribution in [1.29, 1.82) is 0 Å². The van der Waals surface area contributed by atoms with Crippen LogP contribution in [-0.4, -0.2) is 81.6 Å². The van der Waals surface area contributed by atoms with Gasteiger partial charge in [0.2, 0.25) is 0 Å². The van der Waals surface area contributed by atoms with E-state index in [4.69, 9.17) is 28.3 Å².